The summed E-state index contributed by atoms with van der Waals surface area (Å²) in [4.78, 5) is 2.27. The van der Waals surface area contributed by atoms with Gasteiger partial charge in [-0.15, -0.1) is 6.58 Å². The van der Waals surface area contributed by atoms with Gasteiger partial charge in [0.15, 0.2) is 0 Å². The molecule has 0 spiro atoms. The van der Waals surface area contributed by atoms with Crippen LogP contribution in [-0.4, -0.2) is 48.8 Å². The summed E-state index contributed by atoms with van der Waals surface area (Å²) in [6.45, 7) is 15.7. The van der Waals surface area contributed by atoms with Crippen molar-refractivity contribution in [3.8, 4) is 0 Å². The van der Waals surface area contributed by atoms with Gasteiger partial charge in [0.2, 0.25) is 0 Å². The lowest BCUT2D eigenvalue weighted by atomic mass is 9.81. The van der Waals surface area contributed by atoms with Gasteiger partial charge in [-0.3, -0.25) is 0 Å². The van der Waals surface area contributed by atoms with Crippen LogP contribution in [0.2, 0.25) is 0 Å². The lowest BCUT2D eigenvalue weighted by Crippen LogP contribution is -2.59. The van der Waals surface area contributed by atoms with Crippen molar-refractivity contribution >= 4 is 0 Å². The quantitative estimate of drug-likeness (QED) is 0.567. The molecule has 1 N–H and O–H groups in total. The Balaban J connectivity index is 2.27. The first kappa shape index (κ1) is 16.7. The molecule has 1 aliphatic heterocycles. The largest absolute Gasteiger partial charge is 0.378 e. The van der Waals surface area contributed by atoms with Gasteiger partial charge in [-0.25, -0.2) is 0 Å². The van der Waals surface area contributed by atoms with E-state index < -0.39 is 0 Å². The van der Waals surface area contributed by atoms with E-state index in [1.165, 1.54) is 0 Å². The molecule has 0 aromatic rings. The number of likely N-dealkylation sites (N-methyl/N-ethyl adjacent to an activating group) is 1. The molecule has 112 valence electrons. The lowest BCUT2D eigenvalue weighted by Gasteiger charge is -2.46. The molecule has 3 heteroatoms. The molecule has 0 radical (unpaired) electrons. The average molecular weight is 268 g/mol. The first-order valence-corrected chi connectivity index (χ1v) is 7.44. The van der Waals surface area contributed by atoms with E-state index in [1.807, 2.05) is 6.08 Å². The van der Waals surface area contributed by atoms with Crippen molar-refractivity contribution in [1.29, 1.82) is 0 Å². The van der Waals surface area contributed by atoms with Gasteiger partial charge < -0.3 is 15.0 Å². The van der Waals surface area contributed by atoms with Crippen LogP contribution in [0.1, 0.15) is 47.0 Å². The average Bonchev–Trinajstić information content (AvgIpc) is 2.20. The van der Waals surface area contributed by atoms with Crippen molar-refractivity contribution < 1.29 is 4.74 Å². The molecule has 0 atom stereocenters. The second-order valence-corrected chi connectivity index (χ2v) is 7.20. The second-order valence-electron chi connectivity index (χ2n) is 7.20. The molecular formula is C16H32N2O. The highest BCUT2D eigenvalue weighted by Gasteiger charge is 2.37. The number of nitrogens with zero attached hydrogens (tertiary/aromatic N) is 1. The molecule has 19 heavy (non-hydrogen) atoms. The summed E-state index contributed by atoms with van der Waals surface area (Å²) in [7, 11) is 2.12. The maximum absolute atomic E-state index is 6.09. The Bertz CT molecular complexity index is 270. The first-order valence-electron chi connectivity index (χ1n) is 7.44. The third kappa shape index (κ3) is 6.55. The molecule has 3 nitrogen and oxygen atoms in total. The molecule has 0 saturated carbocycles. The van der Waals surface area contributed by atoms with Crippen LogP contribution in [-0.2, 0) is 4.74 Å². The minimum Gasteiger partial charge on any atom is -0.378 e. The van der Waals surface area contributed by atoms with Gasteiger partial charge in [-0.1, -0.05) is 6.08 Å². The molecule has 0 amide bonds. The van der Waals surface area contributed by atoms with E-state index in [0.29, 0.717) is 6.10 Å². The maximum Gasteiger partial charge on any atom is 0.0609 e. The molecule has 1 rings (SSSR count). The Labute approximate surface area is 119 Å². The van der Waals surface area contributed by atoms with Crippen LogP contribution in [0, 0.1) is 0 Å². The fraction of sp³-hybridized carbons (Fsp3) is 0.875. The van der Waals surface area contributed by atoms with Crippen LogP contribution in [0.25, 0.3) is 0 Å². The number of piperidine rings is 1. The fourth-order valence-electron chi connectivity index (χ4n) is 3.24. The molecule has 0 unspecified atom stereocenters. The third-order valence-electron chi connectivity index (χ3n) is 3.63. The molecule has 0 bridgehead atoms. The van der Waals surface area contributed by atoms with Gasteiger partial charge in [0, 0.05) is 30.8 Å². The van der Waals surface area contributed by atoms with Crippen LogP contribution in [0.4, 0.5) is 0 Å². The van der Waals surface area contributed by atoms with Crippen molar-refractivity contribution in [3.63, 3.8) is 0 Å². The molecular weight excluding hydrogens is 236 g/mol. The van der Waals surface area contributed by atoms with E-state index in [9.17, 15) is 0 Å². The van der Waals surface area contributed by atoms with E-state index in [4.69, 9.17) is 4.74 Å². The normalized spacial score (nSPS) is 22.6. The smallest absolute Gasteiger partial charge is 0.0609 e. The van der Waals surface area contributed by atoms with E-state index in [-0.39, 0.29) is 11.1 Å². The van der Waals surface area contributed by atoms with Crippen LogP contribution >= 0.6 is 0 Å². The zero-order valence-corrected chi connectivity index (χ0v) is 13.5. The zero-order chi connectivity index (χ0) is 14.5. The van der Waals surface area contributed by atoms with E-state index in [1.54, 1.807) is 0 Å². The topological polar surface area (TPSA) is 24.5 Å². The summed E-state index contributed by atoms with van der Waals surface area (Å²) in [5, 5.41) is 3.69. The summed E-state index contributed by atoms with van der Waals surface area (Å²) in [6.07, 6.45) is 5.61. The number of hydrogen-bond acceptors (Lipinski definition) is 3. The van der Waals surface area contributed by atoms with Gasteiger partial charge in [-0.05, 0) is 54.0 Å². The monoisotopic (exact) mass is 268 g/mol. The van der Waals surface area contributed by atoms with Gasteiger partial charge in [0.25, 0.3) is 0 Å². The lowest BCUT2D eigenvalue weighted by molar-refractivity contribution is -0.0236. The SMILES string of the molecule is C=CCN(C)CCCOC1CC(C)(C)NC(C)(C)C1. The molecule has 1 aliphatic rings. The van der Waals surface area contributed by atoms with Crippen molar-refractivity contribution in [1.82, 2.24) is 10.2 Å². The van der Waals surface area contributed by atoms with E-state index >= 15 is 0 Å². The van der Waals surface area contributed by atoms with Crippen molar-refractivity contribution in [2.45, 2.75) is 64.1 Å². The minimum atomic E-state index is 0.173. The highest BCUT2D eigenvalue weighted by Crippen LogP contribution is 2.30. The van der Waals surface area contributed by atoms with Crippen LogP contribution in [0.15, 0.2) is 12.7 Å². The van der Waals surface area contributed by atoms with Crippen LogP contribution in [0.5, 0.6) is 0 Å². The molecule has 0 aromatic heterocycles. The van der Waals surface area contributed by atoms with Crippen molar-refractivity contribution in [2.24, 2.45) is 0 Å². The Morgan fingerprint density at radius 1 is 1.26 bits per heavy atom. The molecule has 1 heterocycles. The summed E-state index contributed by atoms with van der Waals surface area (Å²) in [5.74, 6) is 0. The summed E-state index contributed by atoms with van der Waals surface area (Å²) in [6, 6.07) is 0. The second kappa shape index (κ2) is 6.87. The van der Waals surface area contributed by atoms with E-state index in [2.05, 4.69) is 51.5 Å². The number of rotatable bonds is 7. The number of nitrogens with one attached hydrogen (secondary N) is 1. The summed E-state index contributed by atoms with van der Waals surface area (Å²) >= 11 is 0. The Morgan fingerprint density at radius 3 is 2.37 bits per heavy atom. The molecule has 1 fully saturated rings. The summed E-state index contributed by atoms with van der Waals surface area (Å²) < 4.78 is 6.09. The predicted octanol–water partition coefficient (Wildman–Crippen LogP) is 2.82. The predicted molar refractivity (Wildman–Crippen MR) is 82.6 cm³/mol. The third-order valence-corrected chi connectivity index (χ3v) is 3.63. The maximum atomic E-state index is 6.09. The van der Waals surface area contributed by atoms with Crippen LogP contribution < -0.4 is 5.32 Å². The zero-order valence-electron chi connectivity index (χ0n) is 13.5. The molecule has 0 aromatic carbocycles. The highest BCUT2D eigenvalue weighted by molar-refractivity contribution is 4.97. The van der Waals surface area contributed by atoms with Gasteiger partial charge in [0.05, 0.1) is 6.10 Å². The van der Waals surface area contributed by atoms with Crippen LogP contribution in [0.3, 0.4) is 0 Å². The molecule has 1 saturated heterocycles. The number of hydrogen-bond donors (Lipinski definition) is 1. The van der Waals surface area contributed by atoms with Crippen molar-refractivity contribution in [3.05, 3.63) is 12.7 Å². The Kier molecular flexibility index (Phi) is 6.03. The Morgan fingerprint density at radius 2 is 1.84 bits per heavy atom. The molecule has 0 aliphatic carbocycles. The number of ether oxygens (including phenoxy) is 1. The minimum absolute atomic E-state index is 0.173. The Hall–Kier alpha value is -0.380. The van der Waals surface area contributed by atoms with Gasteiger partial charge in [-0.2, -0.15) is 0 Å². The fourth-order valence-corrected chi connectivity index (χ4v) is 3.24. The highest BCUT2D eigenvalue weighted by atomic mass is 16.5. The standard InChI is InChI=1S/C16H32N2O/c1-7-9-18(6)10-8-11-19-14-12-15(2,3)17-16(4,5)13-14/h7,14,17H,1,8-13H2,2-6H3. The first-order chi connectivity index (χ1) is 8.74. The van der Waals surface area contributed by atoms with Gasteiger partial charge in [0.1, 0.15) is 0 Å². The van der Waals surface area contributed by atoms with E-state index in [0.717, 1.165) is 39.0 Å². The van der Waals surface area contributed by atoms with Gasteiger partial charge >= 0.3 is 0 Å². The summed E-state index contributed by atoms with van der Waals surface area (Å²) in [5.41, 5.74) is 0.345. The van der Waals surface area contributed by atoms with Crippen molar-refractivity contribution in [2.75, 3.05) is 26.7 Å².